The minimum Gasteiger partial charge on any atom is -1.00 e. The third kappa shape index (κ3) is 2.26. The second-order valence-electron chi connectivity index (χ2n) is 5.84. The van der Waals surface area contributed by atoms with Gasteiger partial charge in [-0.1, -0.05) is 49.4 Å². The lowest BCUT2D eigenvalue weighted by Gasteiger charge is -2.17. The minimum absolute atomic E-state index is 0. The summed E-state index contributed by atoms with van der Waals surface area (Å²) in [6.07, 6.45) is 5.72. The molecule has 2 aromatic rings. The third-order valence-corrected chi connectivity index (χ3v) is 4.74. The van der Waals surface area contributed by atoms with Crippen molar-refractivity contribution in [1.29, 1.82) is 0 Å². The number of allylic oxidation sites excluding steroid dienone is 2. The van der Waals surface area contributed by atoms with E-state index in [1.807, 2.05) is 0 Å². The van der Waals surface area contributed by atoms with Crippen molar-refractivity contribution in [3.63, 3.8) is 0 Å². The Kier molecular flexibility index (Phi) is 4.38. The fraction of sp³-hybridized carbons (Fsp3) is 0.316. The number of nitrogens with zero attached hydrogens (tertiary/aromatic N) is 1. The summed E-state index contributed by atoms with van der Waals surface area (Å²) in [5.74, 6) is 0. The Morgan fingerprint density at radius 3 is 2.57 bits per heavy atom. The fourth-order valence-corrected chi connectivity index (χ4v) is 3.31. The normalized spacial score (nSPS) is 21.0. The molecule has 0 aliphatic carbocycles. The molecule has 0 N–H and O–H groups in total. The Hall–Kier alpha value is -1.41. The van der Waals surface area contributed by atoms with E-state index in [-0.39, 0.29) is 22.4 Å². The van der Waals surface area contributed by atoms with E-state index in [2.05, 4.69) is 80.9 Å². The highest BCUT2D eigenvalue weighted by Crippen LogP contribution is 2.44. The predicted octanol–water partition coefficient (Wildman–Crippen LogP) is 1.82. The molecule has 3 rings (SSSR count). The lowest BCUT2D eigenvalue weighted by molar-refractivity contribution is -0.401. The van der Waals surface area contributed by atoms with Crippen molar-refractivity contribution < 1.29 is 21.6 Å². The van der Waals surface area contributed by atoms with Crippen LogP contribution in [0.5, 0.6) is 0 Å². The summed E-state index contributed by atoms with van der Waals surface area (Å²) >= 11 is 0. The zero-order chi connectivity index (χ0) is 14.3. The molecule has 0 bridgehead atoms. The molecule has 110 valence electrons. The van der Waals surface area contributed by atoms with Crippen molar-refractivity contribution in [3.8, 4) is 0 Å². The molecule has 0 spiro atoms. The summed E-state index contributed by atoms with van der Waals surface area (Å²) in [7, 11) is 2.19. The highest BCUT2D eigenvalue weighted by atomic mass is 79.9. The molecule has 0 radical (unpaired) electrons. The Bertz CT molecular complexity index is 742. The van der Waals surface area contributed by atoms with Crippen molar-refractivity contribution >= 4 is 22.2 Å². The van der Waals surface area contributed by atoms with Gasteiger partial charge in [0.1, 0.15) is 7.05 Å². The van der Waals surface area contributed by atoms with Crippen molar-refractivity contribution in [2.75, 3.05) is 7.05 Å². The maximum atomic E-state index is 2.36. The Balaban J connectivity index is 0.00000161. The number of halogens is 1. The van der Waals surface area contributed by atoms with Gasteiger partial charge in [-0.25, -0.2) is 4.58 Å². The van der Waals surface area contributed by atoms with Crippen LogP contribution in [0.1, 0.15) is 32.8 Å². The van der Waals surface area contributed by atoms with Crippen LogP contribution in [0, 0.1) is 0 Å². The molecule has 1 nitrogen and oxygen atoms in total. The SMILES string of the molecule is CCC=CC1(C)C(C)=[N+](C)c2c1ccc1ccccc21.[Br-]. The van der Waals surface area contributed by atoms with Gasteiger partial charge in [-0.05, 0) is 24.8 Å². The molecule has 0 saturated heterocycles. The largest absolute Gasteiger partial charge is 1.00 e. The molecule has 2 aromatic carbocycles. The van der Waals surface area contributed by atoms with Gasteiger partial charge < -0.3 is 17.0 Å². The zero-order valence-corrected chi connectivity index (χ0v) is 14.7. The molecule has 0 amide bonds. The molecular formula is C19H22BrN. The number of fused-ring (bicyclic) bond motifs is 3. The molecule has 0 aromatic heterocycles. The molecule has 0 saturated carbocycles. The lowest BCUT2D eigenvalue weighted by Crippen LogP contribution is -3.00. The highest BCUT2D eigenvalue weighted by molar-refractivity contribution is 6.02. The van der Waals surface area contributed by atoms with E-state index in [0.29, 0.717) is 0 Å². The Morgan fingerprint density at radius 1 is 1.14 bits per heavy atom. The second-order valence-corrected chi connectivity index (χ2v) is 5.84. The topological polar surface area (TPSA) is 3.01 Å². The lowest BCUT2D eigenvalue weighted by atomic mass is 9.79. The number of hydrogen-bond donors (Lipinski definition) is 0. The Labute approximate surface area is 137 Å². The summed E-state index contributed by atoms with van der Waals surface area (Å²) < 4.78 is 2.36. The summed E-state index contributed by atoms with van der Waals surface area (Å²) in [5, 5.41) is 2.66. The van der Waals surface area contributed by atoms with Crippen molar-refractivity contribution in [2.24, 2.45) is 0 Å². The van der Waals surface area contributed by atoms with Crippen LogP contribution in [-0.2, 0) is 5.41 Å². The first-order valence-corrected chi connectivity index (χ1v) is 7.37. The van der Waals surface area contributed by atoms with Crippen molar-refractivity contribution in [3.05, 3.63) is 54.1 Å². The summed E-state index contributed by atoms with van der Waals surface area (Å²) in [6.45, 7) is 6.76. The van der Waals surface area contributed by atoms with E-state index in [0.717, 1.165) is 6.42 Å². The van der Waals surface area contributed by atoms with Gasteiger partial charge >= 0.3 is 0 Å². The second kappa shape index (κ2) is 5.76. The first kappa shape index (κ1) is 16.0. The minimum atomic E-state index is 0. The maximum absolute atomic E-state index is 2.36. The number of benzene rings is 2. The number of hydrogen-bond acceptors (Lipinski definition) is 0. The quantitative estimate of drug-likeness (QED) is 0.578. The van der Waals surface area contributed by atoms with Crippen molar-refractivity contribution in [1.82, 2.24) is 0 Å². The molecule has 1 unspecified atom stereocenters. The first-order chi connectivity index (χ1) is 9.59. The zero-order valence-electron chi connectivity index (χ0n) is 13.2. The third-order valence-electron chi connectivity index (χ3n) is 4.74. The van der Waals surface area contributed by atoms with E-state index < -0.39 is 0 Å². The van der Waals surface area contributed by atoms with Crippen LogP contribution in [0.2, 0.25) is 0 Å². The first-order valence-electron chi connectivity index (χ1n) is 7.37. The molecular weight excluding hydrogens is 322 g/mol. The Morgan fingerprint density at radius 2 is 1.86 bits per heavy atom. The van der Waals surface area contributed by atoms with Crippen LogP contribution < -0.4 is 17.0 Å². The smallest absolute Gasteiger partial charge is 0.217 e. The molecule has 1 aliphatic heterocycles. The van der Waals surface area contributed by atoms with Gasteiger partial charge in [0, 0.05) is 12.5 Å². The van der Waals surface area contributed by atoms with Crippen LogP contribution in [0.15, 0.2) is 48.6 Å². The van der Waals surface area contributed by atoms with E-state index in [4.69, 9.17) is 0 Å². The van der Waals surface area contributed by atoms with Crippen LogP contribution in [0.4, 0.5) is 5.69 Å². The standard InChI is InChI=1S/C19H22N.BrH/c1-5-6-13-19(3)14(2)20(4)18-16-10-8-7-9-15(16)11-12-17(18)19;/h6-13H,5H2,1-4H3;1H/q+1;/p-1. The maximum Gasteiger partial charge on any atom is 0.217 e. The van der Waals surface area contributed by atoms with E-state index in [9.17, 15) is 0 Å². The van der Waals surface area contributed by atoms with E-state index in [1.54, 1.807) is 0 Å². The van der Waals surface area contributed by atoms with Crippen LogP contribution in [0.3, 0.4) is 0 Å². The van der Waals surface area contributed by atoms with Gasteiger partial charge in [0.15, 0.2) is 5.71 Å². The average Bonchev–Trinajstić information content (AvgIpc) is 2.68. The van der Waals surface area contributed by atoms with Gasteiger partial charge in [0.25, 0.3) is 0 Å². The van der Waals surface area contributed by atoms with Gasteiger partial charge in [-0.3, -0.25) is 0 Å². The summed E-state index contributed by atoms with van der Waals surface area (Å²) in [6, 6.07) is 13.2. The van der Waals surface area contributed by atoms with E-state index >= 15 is 0 Å². The molecule has 2 heteroatoms. The summed E-state index contributed by atoms with van der Waals surface area (Å²) in [4.78, 5) is 0. The number of rotatable bonds is 2. The molecule has 21 heavy (non-hydrogen) atoms. The monoisotopic (exact) mass is 343 g/mol. The van der Waals surface area contributed by atoms with Gasteiger partial charge in [-0.2, -0.15) is 0 Å². The van der Waals surface area contributed by atoms with Gasteiger partial charge in [0.2, 0.25) is 5.69 Å². The van der Waals surface area contributed by atoms with Crippen molar-refractivity contribution in [2.45, 2.75) is 32.6 Å². The molecule has 1 aliphatic rings. The van der Waals surface area contributed by atoms with E-state index in [1.165, 1.54) is 27.7 Å². The predicted molar refractivity (Wildman–Crippen MR) is 87.3 cm³/mol. The molecule has 1 heterocycles. The molecule has 0 fully saturated rings. The van der Waals surface area contributed by atoms with Crippen LogP contribution >= 0.6 is 0 Å². The fourth-order valence-electron chi connectivity index (χ4n) is 3.31. The highest BCUT2D eigenvalue weighted by Gasteiger charge is 2.44. The average molecular weight is 344 g/mol. The summed E-state index contributed by atoms with van der Waals surface area (Å²) in [5.41, 5.74) is 4.20. The van der Waals surface area contributed by atoms with Crippen LogP contribution in [0.25, 0.3) is 10.8 Å². The molecule has 1 atom stereocenters. The van der Waals surface area contributed by atoms with Crippen LogP contribution in [-0.4, -0.2) is 17.3 Å². The van der Waals surface area contributed by atoms with Gasteiger partial charge in [-0.15, -0.1) is 0 Å². The van der Waals surface area contributed by atoms with Gasteiger partial charge in [0.05, 0.1) is 10.8 Å².